The maximum absolute atomic E-state index is 4.64. The van der Waals surface area contributed by atoms with Crippen molar-refractivity contribution < 1.29 is 0 Å². The molecule has 4 nitrogen and oxygen atoms in total. The van der Waals surface area contributed by atoms with Crippen LogP contribution >= 0.6 is 0 Å². The van der Waals surface area contributed by atoms with Gasteiger partial charge in [0.05, 0.1) is 17.6 Å². The molecule has 118 valence electrons. The van der Waals surface area contributed by atoms with Gasteiger partial charge in [0.15, 0.2) is 0 Å². The van der Waals surface area contributed by atoms with E-state index in [1.807, 2.05) is 6.20 Å². The van der Waals surface area contributed by atoms with E-state index in [0.717, 1.165) is 31.7 Å². The normalized spacial score (nSPS) is 18.0. The Morgan fingerprint density at radius 1 is 1.14 bits per heavy atom. The summed E-state index contributed by atoms with van der Waals surface area (Å²) in [5.41, 5.74) is 2.40. The van der Waals surface area contributed by atoms with E-state index in [1.165, 1.54) is 31.7 Å². The molecular weight excluding hydrogens is 260 g/mol. The van der Waals surface area contributed by atoms with Crippen molar-refractivity contribution in [2.75, 3.05) is 44.2 Å². The smallest absolute Gasteiger partial charge is 0.0572 e. The molecule has 0 amide bonds. The number of hydrogen-bond donors (Lipinski definition) is 1. The molecule has 1 aliphatic rings. The lowest BCUT2D eigenvalue weighted by molar-refractivity contribution is 0.258. The van der Waals surface area contributed by atoms with Gasteiger partial charge in [-0.05, 0) is 45.0 Å². The van der Waals surface area contributed by atoms with Crippen molar-refractivity contribution in [1.82, 2.24) is 15.2 Å². The molecule has 1 saturated heterocycles. The molecule has 0 radical (unpaired) electrons. The van der Waals surface area contributed by atoms with Crippen LogP contribution in [0.5, 0.6) is 0 Å². The van der Waals surface area contributed by atoms with Gasteiger partial charge in [0, 0.05) is 32.2 Å². The number of pyridine rings is 1. The number of nitrogens with zero attached hydrogens (tertiary/aromatic N) is 3. The lowest BCUT2D eigenvalue weighted by Gasteiger charge is -2.35. The van der Waals surface area contributed by atoms with Crippen LogP contribution in [0.3, 0.4) is 0 Å². The van der Waals surface area contributed by atoms with Crippen LogP contribution in [0, 0.1) is 0 Å². The second-order valence-corrected chi connectivity index (χ2v) is 5.95. The Balaban J connectivity index is 1.88. The summed E-state index contributed by atoms with van der Waals surface area (Å²) in [5, 5.41) is 3.48. The third-order valence-corrected chi connectivity index (χ3v) is 4.19. The molecule has 1 atom stereocenters. The fourth-order valence-corrected chi connectivity index (χ4v) is 2.85. The molecule has 2 heterocycles. The summed E-state index contributed by atoms with van der Waals surface area (Å²) in [6.07, 6.45) is 4.44. The molecule has 0 aliphatic carbocycles. The Bertz CT molecular complexity index is 396. The van der Waals surface area contributed by atoms with Gasteiger partial charge in [-0.25, -0.2) is 0 Å². The van der Waals surface area contributed by atoms with Crippen LogP contribution in [0.4, 0.5) is 5.69 Å². The molecule has 0 saturated carbocycles. The maximum atomic E-state index is 4.64. The topological polar surface area (TPSA) is 31.4 Å². The highest BCUT2D eigenvalue weighted by Gasteiger charge is 2.17. The van der Waals surface area contributed by atoms with Gasteiger partial charge in [-0.1, -0.05) is 13.8 Å². The predicted octanol–water partition coefficient (Wildman–Crippen LogP) is 2.67. The lowest BCUT2D eigenvalue weighted by Crippen LogP contribution is -2.46. The van der Waals surface area contributed by atoms with Crippen LogP contribution in [0.1, 0.15) is 45.3 Å². The molecule has 1 N–H and O–H groups in total. The highest BCUT2D eigenvalue weighted by molar-refractivity contribution is 5.45. The van der Waals surface area contributed by atoms with Gasteiger partial charge in [0.2, 0.25) is 0 Å². The monoisotopic (exact) mass is 290 g/mol. The minimum absolute atomic E-state index is 0.334. The van der Waals surface area contributed by atoms with E-state index in [4.69, 9.17) is 0 Å². The molecule has 1 unspecified atom stereocenters. The number of hydrogen-bond acceptors (Lipinski definition) is 4. The first-order valence-corrected chi connectivity index (χ1v) is 8.41. The van der Waals surface area contributed by atoms with Crippen molar-refractivity contribution in [2.24, 2.45) is 0 Å². The highest BCUT2D eigenvalue weighted by atomic mass is 15.3. The van der Waals surface area contributed by atoms with Crippen LogP contribution in [0.25, 0.3) is 0 Å². The Morgan fingerprint density at radius 3 is 2.48 bits per heavy atom. The molecule has 21 heavy (non-hydrogen) atoms. The maximum Gasteiger partial charge on any atom is 0.0572 e. The number of anilines is 1. The van der Waals surface area contributed by atoms with Gasteiger partial charge in [0.1, 0.15) is 0 Å². The van der Waals surface area contributed by atoms with Gasteiger partial charge < -0.3 is 10.2 Å². The quantitative estimate of drug-likeness (QED) is 0.836. The Kier molecular flexibility index (Phi) is 6.46. The Hall–Kier alpha value is -1.13. The van der Waals surface area contributed by atoms with E-state index in [9.17, 15) is 0 Å². The molecular formula is C17H30N4. The number of aromatic nitrogens is 1. The average Bonchev–Trinajstić information content (AvgIpc) is 2.54. The van der Waals surface area contributed by atoms with E-state index in [0.29, 0.717) is 6.04 Å². The summed E-state index contributed by atoms with van der Waals surface area (Å²) >= 11 is 0. The third kappa shape index (κ3) is 4.68. The summed E-state index contributed by atoms with van der Waals surface area (Å²) in [6.45, 7) is 13.5. The number of rotatable bonds is 7. The van der Waals surface area contributed by atoms with Crippen molar-refractivity contribution in [2.45, 2.75) is 39.7 Å². The second kappa shape index (κ2) is 8.35. The molecule has 4 heteroatoms. The largest absolute Gasteiger partial charge is 0.368 e. The zero-order valence-corrected chi connectivity index (χ0v) is 13.8. The first kappa shape index (κ1) is 16.2. The van der Waals surface area contributed by atoms with Gasteiger partial charge >= 0.3 is 0 Å². The highest BCUT2D eigenvalue weighted by Crippen LogP contribution is 2.18. The van der Waals surface area contributed by atoms with Crippen molar-refractivity contribution >= 4 is 5.69 Å². The molecule has 1 aliphatic heterocycles. The van der Waals surface area contributed by atoms with Gasteiger partial charge in [-0.2, -0.15) is 0 Å². The van der Waals surface area contributed by atoms with Crippen LogP contribution in [-0.4, -0.2) is 49.2 Å². The minimum atomic E-state index is 0.334. The van der Waals surface area contributed by atoms with E-state index in [2.05, 4.69) is 53.0 Å². The van der Waals surface area contributed by atoms with Crippen LogP contribution < -0.4 is 10.2 Å². The van der Waals surface area contributed by atoms with E-state index in [-0.39, 0.29) is 0 Å². The molecule has 2 rings (SSSR count). The summed E-state index contributed by atoms with van der Waals surface area (Å²) in [7, 11) is 0. The summed E-state index contributed by atoms with van der Waals surface area (Å²) in [5.74, 6) is 0. The first-order valence-electron chi connectivity index (χ1n) is 8.41. The molecule has 1 aromatic rings. The summed E-state index contributed by atoms with van der Waals surface area (Å²) in [4.78, 5) is 9.65. The van der Waals surface area contributed by atoms with Gasteiger partial charge in [-0.15, -0.1) is 0 Å². The number of piperazine rings is 1. The SMILES string of the molecule is CCCNC(C)c1ccc(N2CCN(CCC)CC2)cn1. The van der Waals surface area contributed by atoms with E-state index in [1.54, 1.807) is 0 Å². The van der Waals surface area contributed by atoms with Gasteiger partial charge in [0.25, 0.3) is 0 Å². The number of nitrogens with one attached hydrogen (secondary N) is 1. The van der Waals surface area contributed by atoms with Crippen molar-refractivity contribution in [3.63, 3.8) is 0 Å². The zero-order valence-electron chi connectivity index (χ0n) is 13.8. The Labute approximate surface area is 129 Å². The van der Waals surface area contributed by atoms with Crippen molar-refractivity contribution in [3.8, 4) is 0 Å². The van der Waals surface area contributed by atoms with Gasteiger partial charge in [-0.3, -0.25) is 9.88 Å². The van der Waals surface area contributed by atoms with Crippen molar-refractivity contribution in [1.29, 1.82) is 0 Å². The van der Waals surface area contributed by atoms with Crippen LogP contribution in [-0.2, 0) is 0 Å². The molecule has 1 aromatic heterocycles. The molecule has 1 fully saturated rings. The summed E-state index contributed by atoms with van der Waals surface area (Å²) in [6, 6.07) is 4.73. The predicted molar refractivity (Wildman–Crippen MR) is 89.9 cm³/mol. The van der Waals surface area contributed by atoms with Crippen molar-refractivity contribution in [3.05, 3.63) is 24.0 Å². The molecule has 0 aromatic carbocycles. The fourth-order valence-electron chi connectivity index (χ4n) is 2.85. The molecule has 0 spiro atoms. The standard InChI is InChI=1S/C17H30N4/c1-4-8-18-15(3)17-7-6-16(14-19-17)21-12-10-20(9-5-2)11-13-21/h6-7,14-15,18H,4-5,8-13H2,1-3H3. The first-order chi connectivity index (χ1) is 10.2. The third-order valence-electron chi connectivity index (χ3n) is 4.19. The van der Waals surface area contributed by atoms with E-state index < -0.39 is 0 Å². The zero-order chi connectivity index (χ0) is 15.1. The summed E-state index contributed by atoms with van der Waals surface area (Å²) < 4.78 is 0. The van der Waals surface area contributed by atoms with E-state index >= 15 is 0 Å². The minimum Gasteiger partial charge on any atom is -0.368 e. The average molecular weight is 290 g/mol. The molecule has 0 bridgehead atoms. The Morgan fingerprint density at radius 2 is 1.90 bits per heavy atom. The lowest BCUT2D eigenvalue weighted by atomic mass is 10.2. The van der Waals surface area contributed by atoms with Crippen LogP contribution in [0.2, 0.25) is 0 Å². The second-order valence-electron chi connectivity index (χ2n) is 5.95. The fraction of sp³-hybridized carbons (Fsp3) is 0.706. The van der Waals surface area contributed by atoms with Crippen LogP contribution in [0.15, 0.2) is 18.3 Å².